The van der Waals surface area contributed by atoms with Gasteiger partial charge in [-0.1, -0.05) is 49.7 Å². The molecule has 0 bridgehead atoms. The first kappa shape index (κ1) is 22.1. The third kappa shape index (κ3) is 4.04. The van der Waals surface area contributed by atoms with Gasteiger partial charge in [0.05, 0.1) is 22.6 Å². The topological polar surface area (TPSA) is 77.2 Å². The van der Waals surface area contributed by atoms with Gasteiger partial charge in [-0.15, -0.1) is 0 Å². The Morgan fingerprint density at radius 1 is 1.09 bits per heavy atom. The lowest BCUT2D eigenvalue weighted by Gasteiger charge is -2.12. The summed E-state index contributed by atoms with van der Waals surface area (Å²) in [5.41, 5.74) is 5.76. The molecular weight excluding hydrogens is 426 g/mol. The highest BCUT2D eigenvalue weighted by molar-refractivity contribution is 5.81. The number of aromatic nitrogens is 3. The van der Waals surface area contributed by atoms with E-state index in [4.69, 9.17) is 9.72 Å². The Labute approximate surface area is 199 Å². The van der Waals surface area contributed by atoms with E-state index in [1.807, 2.05) is 63.4 Å². The Bertz CT molecular complexity index is 1370. The summed E-state index contributed by atoms with van der Waals surface area (Å²) >= 11 is 0. The molecule has 1 aliphatic carbocycles. The number of hydrogen-bond acceptors (Lipinski definition) is 4. The van der Waals surface area contributed by atoms with E-state index < -0.39 is 11.9 Å². The van der Waals surface area contributed by atoms with Gasteiger partial charge in [-0.3, -0.25) is 9.78 Å². The van der Waals surface area contributed by atoms with Crippen molar-refractivity contribution in [1.29, 1.82) is 0 Å². The number of imidazole rings is 1. The standard InChI is InChI=1S/C28H29N3O3/c1-17-6-5-7-19(12-17)15-31-23-13-21(34-16-20-9-8-18(2)14-29-20)10-11-22(23)30-26(31)24-25(27(32)33)28(24,3)4/h5-14,24-25H,15-16H2,1-4H3,(H,32,33). The van der Waals surface area contributed by atoms with E-state index in [1.54, 1.807) is 0 Å². The predicted molar refractivity (Wildman–Crippen MR) is 131 cm³/mol. The molecule has 2 atom stereocenters. The minimum atomic E-state index is -0.765. The maximum atomic E-state index is 11.9. The maximum Gasteiger partial charge on any atom is 0.307 e. The fourth-order valence-corrected chi connectivity index (χ4v) is 4.93. The molecule has 0 saturated heterocycles. The van der Waals surface area contributed by atoms with Crippen LogP contribution in [-0.2, 0) is 17.9 Å². The molecule has 0 spiro atoms. The minimum Gasteiger partial charge on any atom is -0.487 e. The number of carbonyl (C=O) groups is 1. The molecule has 4 aromatic rings. The summed E-state index contributed by atoms with van der Waals surface area (Å²) in [5.74, 6) is 0.217. The molecule has 2 aromatic carbocycles. The second-order valence-electron chi connectivity index (χ2n) is 9.93. The lowest BCUT2D eigenvalue weighted by Crippen LogP contribution is -2.07. The van der Waals surface area contributed by atoms with Crippen molar-refractivity contribution in [1.82, 2.24) is 14.5 Å². The molecule has 0 radical (unpaired) electrons. The molecule has 1 fully saturated rings. The van der Waals surface area contributed by atoms with Crippen LogP contribution < -0.4 is 4.74 Å². The van der Waals surface area contributed by atoms with E-state index in [1.165, 1.54) is 5.56 Å². The monoisotopic (exact) mass is 455 g/mol. The van der Waals surface area contributed by atoms with E-state index in [-0.39, 0.29) is 11.3 Å². The highest BCUT2D eigenvalue weighted by atomic mass is 16.5. The summed E-state index contributed by atoms with van der Waals surface area (Å²) in [6.07, 6.45) is 1.83. The summed E-state index contributed by atoms with van der Waals surface area (Å²) in [5, 5.41) is 9.79. The Morgan fingerprint density at radius 2 is 1.91 bits per heavy atom. The normalized spacial score (nSPS) is 18.7. The molecule has 174 valence electrons. The summed E-state index contributed by atoms with van der Waals surface area (Å²) < 4.78 is 8.22. The van der Waals surface area contributed by atoms with Gasteiger partial charge < -0.3 is 14.4 Å². The number of carboxylic acid groups (broad SMARTS) is 1. The van der Waals surface area contributed by atoms with Crippen LogP contribution in [0.4, 0.5) is 0 Å². The van der Waals surface area contributed by atoms with Crippen molar-refractivity contribution in [2.24, 2.45) is 11.3 Å². The van der Waals surface area contributed by atoms with Gasteiger partial charge in [-0.25, -0.2) is 4.98 Å². The number of benzene rings is 2. The number of carboxylic acids is 1. The van der Waals surface area contributed by atoms with Crippen molar-refractivity contribution in [3.8, 4) is 5.75 Å². The van der Waals surface area contributed by atoms with Gasteiger partial charge in [0.2, 0.25) is 0 Å². The minimum absolute atomic E-state index is 0.136. The average Bonchev–Trinajstić information content (AvgIpc) is 3.21. The molecule has 34 heavy (non-hydrogen) atoms. The fraction of sp³-hybridized carbons (Fsp3) is 0.321. The smallest absolute Gasteiger partial charge is 0.307 e. The first-order chi connectivity index (χ1) is 16.2. The molecule has 1 N–H and O–H groups in total. The summed E-state index contributed by atoms with van der Waals surface area (Å²) in [4.78, 5) is 21.3. The molecule has 1 saturated carbocycles. The number of nitrogens with zero attached hydrogens (tertiary/aromatic N) is 3. The number of fused-ring (bicyclic) bond motifs is 1. The van der Waals surface area contributed by atoms with E-state index in [2.05, 4.69) is 34.7 Å². The molecule has 2 heterocycles. The van der Waals surface area contributed by atoms with E-state index in [0.29, 0.717) is 13.2 Å². The molecule has 0 amide bonds. The van der Waals surface area contributed by atoms with Crippen LogP contribution in [0.3, 0.4) is 0 Å². The highest BCUT2D eigenvalue weighted by Gasteiger charge is 2.64. The van der Waals surface area contributed by atoms with Crippen molar-refractivity contribution in [3.05, 3.63) is 89.0 Å². The van der Waals surface area contributed by atoms with Crippen LogP contribution in [0.2, 0.25) is 0 Å². The zero-order valence-corrected chi connectivity index (χ0v) is 19.9. The van der Waals surface area contributed by atoms with Crippen LogP contribution in [0.15, 0.2) is 60.8 Å². The quantitative estimate of drug-likeness (QED) is 0.398. The first-order valence-corrected chi connectivity index (χ1v) is 11.6. The molecule has 1 aliphatic rings. The number of aryl methyl sites for hydroxylation is 2. The average molecular weight is 456 g/mol. The van der Waals surface area contributed by atoms with Crippen molar-refractivity contribution in [2.45, 2.75) is 46.8 Å². The second-order valence-corrected chi connectivity index (χ2v) is 9.93. The van der Waals surface area contributed by atoms with Gasteiger partial charge in [-0.05, 0) is 48.6 Å². The molecule has 6 heteroatoms. The van der Waals surface area contributed by atoms with Crippen molar-refractivity contribution >= 4 is 17.0 Å². The zero-order valence-electron chi connectivity index (χ0n) is 19.9. The van der Waals surface area contributed by atoms with Gasteiger partial charge in [0.15, 0.2) is 0 Å². The number of aliphatic carboxylic acids is 1. The van der Waals surface area contributed by atoms with Gasteiger partial charge in [-0.2, -0.15) is 0 Å². The molecular formula is C28H29N3O3. The van der Waals surface area contributed by atoms with Crippen LogP contribution in [0.25, 0.3) is 11.0 Å². The third-order valence-electron chi connectivity index (χ3n) is 6.90. The molecule has 2 unspecified atom stereocenters. The Hall–Kier alpha value is -3.67. The van der Waals surface area contributed by atoms with Gasteiger partial charge in [0.1, 0.15) is 18.2 Å². The zero-order chi connectivity index (χ0) is 24.0. The van der Waals surface area contributed by atoms with Gasteiger partial charge in [0, 0.05) is 24.7 Å². The largest absolute Gasteiger partial charge is 0.487 e. The van der Waals surface area contributed by atoms with Crippen LogP contribution in [0.5, 0.6) is 5.75 Å². The second kappa shape index (κ2) is 8.28. The first-order valence-electron chi connectivity index (χ1n) is 11.6. The van der Waals surface area contributed by atoms with Crippen molar-refractivity contribution in [2.75, 3.05) is 0 Å². The molecule has 6 nitrogen and oxygen atoms in total. The SMILES string of the molecule is Cc1ccc(COc2ccc3nc(C4C(C(=O)O)C4(C)C)n(Cc4cccc(C)c4)c3c2)nc1. The van der Waals surface area contributed by atoms with E-state index in [0.717, 1.165) is 39.4 Å². The summed E-state index contributed by atoms with van der Waals surface area (Å²) in [6.45, 7) is 9.10. The summed E-state index contributed by atoms with van der Waals surface area (Å²) in [7, 11) is 0. The van der Waals surface area contributed by atoms with Crippen molar-refractivity contribution in [3.63, 3.8) is 0 Å². The highest BCUT2D eigenvalue weighted by Crippen LogP contribution is 2.64. The Balaban J connectivity index is 1.53. The third-order valence-corrected chi connectivity index (χ3v) is 6.90. The Morgan fingerprint density at radius 3 is 2.59 bits per heavy atom. The predicted octanol–water partition coefficient (Wildman–Crippen LogP) is 5.50. The number of hydrogen-bond donors (Lipinski definition) is 1. The molecule has 2 aromatic heterocycles. The van der Waals surface area contributed by atoms with Gasteiger partial charge in [0.25, 0.3) is 0 Å². The van der Waals surface area contributed by atoms with Crippen molar-refractivity contribution < 1.29 is 14.6 Å². The van der Waals surface area contributed by atoms with Crippen LogP contribution in [0.1, 0.15) is 48.0 Å². The Kier molecular flexibility index (Phi) is 5.39. The van der Waals surface area contributed by atoms with Gasteiger partial charge >= 0.3 is 5.97 Å². The molecule has 0 aliphatic heterocycles. The van der Waals surface area contributed by atoms with Crippen LogP contribution >= 0.6 is 0 Å². The number of ether oxygens (including phenoxy) is 1. The van der Waals surface area contributed by atoms with E-state index in [9.17, 15) is 9.90 Å². The van der Waals surface area contributed by atoms with Crippen LogP contribution in [-0.4, -0.2) is 25.6 Å². The summed E-state index contributed by atoms with van der Waals surface area (Å²) in [6, 6.07) is 18.2. The van der Waals surface area contributed by atoms with E-state index >= 15 is 0 Å². The fourth-order valence-electron chi connectivity index (χ4n) is 4.93. The lowest BCUT2D eigenvalue weighted by atomic mass is 10.1. The maximum absolute atomic E-state index is 11.9. The lowest BCUT2D eigenvalue weighted by molar-refractivity contribution is -0.139. The number of pyridine rings is 1. The van der Waals surface area contributed by atoms with Crippen LogP contribution in [0, 0.1) is 25.2 Å². The molecule has 5 rings (SSSR count). The number of rotatable bonds is 7.